The summed E-state index contributed by atoms with van der Waals surface area (Å²) >= 11 is 0. The van der Waals surface area contributed by atoms with E-state index in [0.29, 0.717) is 31.2 Å². The van der Waals surface area contributed by atoms with Crippen LogP contribution in [0.1, 0.15) is 13.8 Å². The van der Waals surface area contributed by atoms with Gasteiger partial charge in [-0.1, -0.05) is 0 Å². The molecule has 0 atom stereocenters. The predicted molar refractivity (Wildman–Crippen MR) is 92.2 cm³/mol. The minimum Gasteiger partial charge on any atom is -0.482 e. The number of sulfonamides is 1. The van der Waals surface area contributed by atoms with E-state index in [2.05, 4.69) is 14.9 Å². The number of nitrogens with one attached hydrogen (secondary N) is 2. The van der Waals surface area contributed by atoms with Crippen molar-refractivity contribution in [2.24, 2.45) is 0 Å². The molecule has 1 aromatic carbocycles. The topological polar surface area (TPSA) is 97.0 Å². The molecule has 0 radical (unpaired) electrons. The molecule has 8 nitrogen and oxygen atoms in total. The number of ether oxygens (including phenoxy) is 2. The summed E-state index contributed by atoms with van der Waals surface area (Å²) in [6.45, 7) is 7.11. The zero-order chi connectivity index (χ0) is 18.1. The van der Waals surface area contributed by atoms with E-state index in [1.165, 1.54) is 12.1 Å². The molecule has 2 aliphatic rings. The van der Waals surface area contributed by atoms with Gasteiger partial charge in [0.15, 0.2) is 6.61 Å². The van der Waals surface area contributed by atoms with E-state index in [0.717, 1.165) is 13.1 Å². The lowest BCUT2D eigenvalue weighted by Gasteiger charge is -2.35. The number of benzene rings is 1. The van der Waals surface area contributed by atoms with E-state index < -0.39 is 15.6 Å². The zero-order valence-corrected chi connectivity index (χ0v) is 15.2. The van der Waals surface area contributed by atoms with Crippen molar-refractivity contribution >= 4 is 21.6 Å². The van der Waals surface area contributed by atoms with E-state index in [9.17, 15) is 13.2 Å². The van der Waals surface area contributed by atoms with Gasteiger partial charge >= 0.3 is 0 Å². The van der Waals surface area contributed by atoms with Crippen LogP contribution in [-0.4, -0.2) is 64.2 Å². The molecule has 0 unspecified atom stereocenters. The van der Waals surface area contributed by atoms with Crippen LogP contribution in [-0.2, 0) is 19.6 Å². The smallest absolute Gasteiger partial charge is 0.262 e. The molecular formula is C16H23N3O5S. The molecule has 9 heteroatoms. The zero-order valence-electron chi connectivity index (χ0n) is 14.4. The third-order valence-corrected chi connectivity index (χ3v) is 5.72. The van der Waals surface area contributed by atoms with Crippen LogP contribution < -0.4 is 14.8 Å². The summed E-state index contributed by atoms with van der Waals surface area (Å²) in [5, 5.41) is 2.62. The van der Waals surface area contributed by atoms with E-state index >= 15 is 0 Å². The Kier molecular flexibility index (Phi) is 5.01. The summed E-state index contributed by atoms with van der Waals surface area (Å²) in [6, 6.07) is 4.45. The Morgan fingerprint density at radius 3 is 2.72 bits per heavy atom. The van der Waals surface area contributed by atoms with Gasteiger partial charge in [-0.3, -0.25) is 9.69 Å². The second-order valence-electron chi connectivity index (χ2n) is 6.87. The summed E-state index contributed by atoms with van der Waals surface area (Å²) in [6.07, 6.45) is 0. The lowest BCUT2D eigenvalue weighted by Crippen LogP contribution is -2.53. The SMILES string of the molecule is CC(C)(CN1CCOCC1)NS(=O)(=O)c1ccc2c(c1)NC(=O)CO2. The minimum atomic E-state index is -3.73. The second-order valence-corrected chi connectivity index (χ2v) is 8.56. The molecule has 1 fully saturated rings. The van der Waals surface area contributed by atoms with Crippen molar-refractivity contribution in [3.63, 3.8) is 0 Å². The third-order valence-electron chi connectivity index (χ3n) is 4.03. The van der Waals surface area contributed by atoms with Gasteiger partial charge in [-0.25, -0.2) is 13.1 Å². The number of anilines is 1. The third kappa shape index (κ3) is 4.49. The van der Waals surface area contributed by atoms with Crippen LogP contribution in [0.3, 0.4) is 0 Å². The van der Waals surface area contributed by atoms with Crippen molar-refractivity contribution in [3.05, 3.63) is 18.2 Å². The van der Waals surface area contributed by atoms with Crippen LogP contribution in [0.2, 0.25) is 0 Å². The Hall–Kier alpha value is -1.68. The van der Waals surface area contributed by atoms with Crippen molar-refractivity contribution in [3.8, 4) is 5.75 Å². The van der Waals surface area contributed by atoms with Crippen LogP contribution in [0, 0.1) is 0 Å². The van der Waals surface area contributed by atoms with Gasteiger partial charge in [0.25, 0.3) is 5.91 Å². The van der Waals surface area contributed by atoms with Gasteiger partial charge in [-0.05, 0) is 32.0 Å². The molecule has 0 aliphatic carbocycles. The number of morpholine rings is 1. The first kappa shape index (κ1) is 18.1. The molecule has 1 amide bonds. The van der Waals surface area contributed by atoms with E-state index in [1.807, 2.05) is 13.8 Å². The number of amides is 1. The van der Waals surface area contributed by atoms with Crippen molar-refractivity contribution in [1.29, 1.82) is 0 Å². The van der Waals surface area contributed by atoms with Gasteiger partial charge in [0, 0.05) is 25.2 Å². The molecule has 0 bridgehead atoms. The highest BCUT2D eigenvalue weighted by molar-refractivity contribution is 7.89. The number of rotatable bonds is 5. The molecule has 2 aliphatic heterocycles. The number of hydrogen-bond acceptors (Lipinski definition) is 6. The van der Waals surface area contributed by atoms with Gasteiger partial charge in [0.1, 0.15) is 5.75 Å². The maximum Gasteiger partial charge on any atom is 0.262 e. The van der Waals surface area contributed by atoms with E-state index in [4.69, 9.17) is 9.47 Å². The first-order chi connectivity index (χ1) is 11.8. The standard InChI is InChI=1S/C16H23N3O5S/c1-16(2,11-19-5-7-23-8-6-19)18-25(21,22)12-3-4-14-13(9-12)17-15(20)10-24-14/h3-4,9,18H,5-8,10-11H2,1-2H3,(H,17,20). The molecule has 2 heterocycles. The van der Waals surface area contributed by atoms with Crippen LogP contribution in [0.4, 0.5) is 5.69 Å². The average molecular weight is 369 g/mol. The second kappa shape index (κ2) is 6.91. The quantitative estimate of drug-likeness (QED) is 0.780. The molecule has 1 saturated heterocycles. The molecule has 0 saturated carbocycles. The van der Waals surface area contributed by atoms with Crippen LogP contribution in [0.5, 0.6) is 5.75 Å². The lowest BCUT2D eigenvalue weighted by atomic mass is 10.1. The summed E-state index contributed by atoms with van der Waals surface area (Å²) in [5.41, 5.74) is -0.281. The largest absolute Gasteiger partial charge is 0.482 e. The molecular weight excluding hydrogens is 346 g/mol. The number of carbonyl (C=O) groups is 1. The number of nitrogens with zero attached hydrogens (tertiary/aromatic N) is 1. The number of carbonyl (C=O) groups excluding carboxylic acids is 1. The molecule has 1 aromatic rings. The van der Waals surface area contributed by atoms with Crippen molar-refractivity contribution in [2.75, 3.05) is 44.8 Å². The van der Waals surface area contributed by atoms with Gasteiger partial charge < -0.3 is 14.8 Å². The molecule has 3 rings (SSSR count). The van der Waals surface area contributed by atoms with Crippen molar-refractivity contribution in [2.45, 2.75) is 24.3 Å². The predicted octanol–water partition coefficient (Wildman–Crippen LogP) is 0.407. The number of hydrogen-bond donors (Lipinski definition) is 2. The highest BCUT2D eigenvalue weighted by Gasteiger charge is 2.30. The van der Waals surface area contributed by atoms with Crippen LogP contribution >= 0.6 is 0 Å². The first-order valence-electron chi connectivity index (χ1n) is 8.16. The molecule has 25 heavy (non-hydrogen) atoms. The molecule has 138 valence electrons. The fourth-order valence-electron chi connectivity index (χ4n) is 3.00. The van der Waals surface area contributed by atoms with Gasteiger partial charge in [0.05, 0.1) is 23.8 Å². The summed E-state index contributed by atoms with van der Waals surface area (Å²) < 4.78 is 38.8. The Balaban J connectivity index is 1.74. The van der Waals surface area contributed by atoms with Crippen molar-refractivity contribution < 1.29 is 22.7 Å². The normalized spacial score (nSPS) is 19.0. The van der Waals surface area contributed by atoms with Crippen LogP contribution in [0.15, 0.2) is 23.1 Å². The van der Waals surface area contributed by atoms with Gasteiger partial charge in [-0.2, -0.15) is 0 Å². The van der Waals surface area contributed by atoms with E-state index in [1.54, 1.807) is 6.07 Å². The first-order valence-corrected chi connectivity index (χ1v) is 9.64. The summed E-state index contributed by atoms with van der Waals surface area (Å²) in [4.78, 5) is 13.7. The fourth-order valence-corrected chi connectivity index (χ4v) is 4.43. The Morgan fingerprint density at radius 1 is 1.28 bits per heavy atom. The van der Waals surface area contributed by atoms with E-state index in [-0.39, 0.29) is 17.4 Å². The summed E-state index contributed by atoms with van der Waals surface area (Å²) in [5.74, 6) is 0.161. The Morgan fingerprint density at radius 2 is 2.00 bits per heavy atom. The Bertz CT molecular complexity index is 757. The highest BCUT2D eigenvalue weighted by atomic mass is 32.2. The highest BCUT2D eigenvalue weighted by Crippen LogP contribution is 2.30. The fraction of sp³-hybridized carbons (Fsp3) is 0.562. The summed E-state index contributed by atoms with van der Waals surface area (Å²) in [7, 11) is -3.73. The monoisotopic (exact) mass is 369 g/mol. The number of fused-ring (bicyclic) bond motifs is 1. The maximum atomic E-state index is 12.7. The van der Waals surface area contributed by atoms with Gasteiger partial charge in [-0.15, -0.1) is 0 Å². The average Bonchev–Trinajstić information content (AvgIpc) is 2.53. The Labute approximate surface area is 147 Å². The van der Waals surface area contributed by atoms with Crippen molar-refractivity contribution in [1.82, 2.24) is 9.62 Å². The molecule has 2 N–H and O–H groups in total. The lowest BCUT2D eigenvalue weighted by molar-refractivity contribution is -0.118. The van der Waals surface area contributed by atoms with Gasteiger partial charge in [0.2, 0.25) is 10.0 Å². The minimum absolute atomic E-state index is 0.0655. The van der Waals surface area contributed by atoms with Crippen LogP contribution in [0.25, 0.3) is 0 Å². The molecule has 0 spiro atoms. The maximum absolute atomic E-state index is 12.7. The molecule has 0 aromatic heterocycles.